The van der Waals surface area contributed by atoms with E-state index >= 15 is 0 Å². The molecule has 0 N–H and O–H groups in total. The molecule has 108 valence electrons. The minimum absolute atomic E-state index is 0.0105. The van der Waals surface area contributed by atoms with Crippen LogP contribution in [0.15, 0.2) is 27.1 Å². The number of sulfone groups is 1. The van der Waals surface area contributed by atoms with Crippen LogP contribution in [0.25, 0.3) is 0 Å². The fraction of sp³-hybridized carbons (Fsp3) is 0.273. The van der Waals surface area contributed by atoms with Crippen molar-refractivity contribution < 1.29 is 13.3 Å². The Labute approximate surface area is 124 Å². The smallest absolute Gasteiger partial charge is 0.305 e. The second-order valence-corrected chi connectivity index (χ2v) is 8.33. The highest BCUT2D eigenvalue weighted by Crippen LogP contribution is 2.39. The lowest BCUT2D eigenvalue weighted by Crippen LogP contribution is -2.15. The molecule has 0 saturated heterocycles. The lowest BCUT2D eigenvalue weighted by molar-refractivity contribution is -0.383. The van der Waals surface area contributed by atoms with E-state index in [2.05, 4.69) is 0 Å². The van der Waals surface area contributed by atoms with Crippen LogP contribution in [-0.2, 0) is 16.4 Å². The van der Waals surface area contributed by atoms with Crippen LogP contribution in [0.5, 0.6) is 0 Å². The van der Waals surface area contributed by atoms with E-state index in [-0.39, 0.29) is 9.90 Å². The maximum absolute atomic E-state index is 11.5. The maximum Gasteiger partial charge on any atom is 0.305 e. The average Bonchev–Trinajstić information content (AvgIpc) is 2.95. The summed E-state index contributed by atoms with van der Waals surface area (Å²) in [5, 5.41) is 15.3. The quantitative estimate of drug-likeness (QED) is 0.621. The molecule has 0 unspecified atom stereocenters. The molecule has 0 aliphatic heterocycles. The molecule has 0 radical (unpaired) electrons. The van der Waals surface area contributed by atoms with Gasteiger partial charge in [0.15, 0.2) is 14.8 Å². The Bertz CT molecular complexity index is 719. The summed E-state index contributed by atoms with van der Waals surface area (Å²) in [4.78, 5) is 12.2. The topological polar surface area (TPSA) is 80.5 Å². The van der Waals surface area contributed by atoms with Gasteiger partial charge in [-0.3, -0.25) is 10.1 Å². The van der Waals surface area contributed by atoms with Gasteiger partial charge < -0.3 is 4.90 Å². The summed E-state index contributed by atoms with van der Waals surface area (Å²) < 4.78 is 23.1. The van der Waals surface area contributed by atoms with Gasteiger partial charge in [0.05, 0.1) is 4.92 Å². The molecule has 0 fully saturated rings. The third-order valence-electron chi connectivity index (χ3n) is 2.58. The summed E-state index contributed by atoms with van der Waals surface area (Å²) in [5.74, 6) is 0. The van der Waals surface area contributed by atoms with E-state index in [9.17, 15) is 18.5 Å². The van der Waals surface area contributed by atoms with Crippen molar-refractivity contribution >= 4 is 43.2 Å². The first-order chi connectivity index (χ1) is 9.29. The van der Waals surface area contributed by atoms with Crippen LogP contribution in [0.3, 0.4) is 0 Å². The predicted octanol–water partition coefficient (Wildman–Crippen LogP) is 2.76. The van der Waals surface area contributed by atoms with Crippen LogP contribution in [0.4, 0.5) is 10.7 Å². The molecular weight excluding hydrogens is 320 g/mol. The Hall–Kier alpha value is -1.45. The van der Waals surface area contributed by atoms with Crippen molar-refractivity contribution in [2.45, 2.75) is 10.8 Å². The van der Waals surface area contributed by atoms with Gasteiger partial charge in [-0.25, -0.2) is 8.42 Å². The number of nitrogens with zero attached hydrogens (tertiary/aromatic N) is 2. The van der Waals surface area contributed by atoms with E-state index < -0.39 is 14.8 Å². The molecule has 0 aromatic carbocycles. The number of rotatable bonds is 5. The molecule has 2 aromatic rings. The normalized spacial score (nSPS) is 11.5. The van der Waals surface area contributed by atoms with Crippen LogP contribution in [0.1, 0.15) is 5.56 Å². The van der Waals surface area contributed by atoms with E-state index in [1.54, 1.807) is 23.3 Å². The predicted molar refractivity (Wildman–Crippen MR) is 80.5 cm³/mol. The van der Waals surface area contributed by atoms with Crippen LogP contribution >= 0.6 is 22.7 Å². The van der Waals surface area contributed by atoms with E-state index in [4.69, 9.17) is 0 Å². The Kier molecular flexibility index (Phi) is 4.11. The van der Waals surface area contributed by atoms with Crippen LogP contribution in [0.2, 0.25) is 0 Å². The molecule has 6 nitrogen and oxygen atoms in total. The maximum atomic E-state index is 11.5. The van der Waals surface area contributed by atoms with Crippen molar-refractivity contribution in [1.29, 1.82) is 0 Å². The largest absolute Gasteiger partial charge is 0.356 e. The van der Waals surface area contributed by atoms with Crippen LogP contribution < -0.4 is 4.90 Å². The molecular formula is C11H12N2O4S3. The van der Waals surface area contributed by atoms with Gasteiger partial charge in [0.2, 0.25) is 0 Å². The van der Waals surface area contributed by atoms with Gasteiger partial charge in [-0.05, 0) is 22.4 Å². The molecule has 2 heterocycles. The van der Waals surface area contributed by atoms with Crippen molar-refractivity contribution in [2.75, 3.05) is 18.2 Å². The Morgan fingerprint density at radius 2 is 2.15 bits per heavy atom. The first kappa shape index (κ1) is 14.9. The van der Waals surface area contributed by atoms with Crippen LogP contribution in [-0.4, -0.2) is 26.6 Å². The summed E-state index contributed by atoms with van der Waals surface area (Å²) in [6, 6.07) is 3.05. The van der Waals surface area contributed by atoms with Gasteiger partial charge in [0, 0.05) is 25.9 Å². The second kappa shape index (κ2) is 5.51. The molecule has 2 rings (SSSR count). The van der Waals surface area contributed by atoms with E-state index in [1.165, 1.54) is 0 Å². The molecule has 20 heavy (non-hydrogen) atoms. The van der Waals surface area contributed by atoms with Crippen molar-refractivity contribution in [3.8, 4) is 0 Å². The minimum atomic E-state index is -3.44. The van der Waals surface area contributed by atoms with Crippen molar-refractivity contribution in [2.24, 2.45) is 0 Å². The summed E-state index contributed by atoms with van der Waals surface area (Å²) in [5.41, 5.74) is 0.856. The zero-order valence-electron chi connectivity index (χ0n) is 10.8. The molecule has 0 aliphatic rings. The Balaban J connectivity index is 2.39. The summed E-state index contributed by atoms with van der Waals surface area (Å²) in [6.07, 6.45) is 1.05. The number of hydrogen-bond donors (Lipinski definition) is 0. The van der Waals surface area contributed by atoms with Crippen molar-refractivity contribution in [3.63, 3.8) is 0 Å². The third kappa shape index (κ3) is 3.17. The molecule has 0 spiro atoms. The first-order valence-electron chi connectivity index (χ1n) is 5.49. The van der Waals surface area contributed by atoms with Gasteiger partial charge in [0.25, 0.3) is 0 Å². The number of anilines is 1. The fourth-order valence-corrected chi connectivity index (χ4v) is 4.31. The van der Waals surface area contributed by atoms with E-state index in [0.717, 1.165) is 29.2 Å². The van der Waals surface area contributed by atoms with Gasteiger partial charge in [0.1, 0.15) is 4.21 Å². The van der Waals surface area contributed by atoms with Gasteiger partial charge >= 0.3 is 5.69 Å². The Morgan fingerprint density at radius 1 is 1.45 bits per heavy atom. The summed E-state index contributed by atoms with van der Waals surface area (Å²) in [7, 11) is -1.73. The molecule has 0 aliphatic carbocycles. The second-order valence-electron chi connectivity index (χ2n) is 4.27. The van der Waals surface area contributed by atoms with Crippen molar-refractivity contribution in [1.82, 2.24) is 0 Å². The molecule has 0 atom stereocenters. The van der Waals surface area contributed by atoms with Gasteiger partial charge in [-0.1, -0.05) is 11.3 Å². The van der Waals surface area contributed by atoms with Gasteiger partial charge in [-0.15, -0.1) is 0 Å². The molecule has 0 bridgehead atoms. The van der Waals surface area contributed by atoms with Crippen molar-refractivity contribution in [3.05, 3.63) is 38.6 Å². The van der Waals surface area contributed by atoms with E-state index in [0.29, 0.717) is 11.5 Å². The zero-order valence-corrected chi connectivity index (χ0v) is 13.2. The molecule has 9 heteroatoms. The van der Waals surface area contributed by atoms with Crippen LogP contribution in [0, 0.1) is 10.1 Å². The lowest BCUT2D eigenvalue weighted by atomic mass is 10.3. The third-order valence-corrected chi connectivity index (χ3v) is 6.35. The highest BCUT2D eigenvalue weighted by Gasteiger charge is 2.26. The van der Waals surface area contributed by atoms with E-state index in [1.807, 2.05) is 16.8 Å². The lowest BCUT2D eigenvalue weighted by Gasteiger charge is -2.15. The standard InChI is InChI=1S/C11H12N2O4S3/c1-12(6-8-3-4-18-7-8)11-9(13(14)15)5-10(19-11)20(2,16)17/h3-5,7H,6H2,1-2H3. The highest BCUT2D eigenvalue weighted by molar-refractivity contribution is 7.92. The monoisotopic (exact) mass is 332 g/mol. The number of hydrogen-bond acceptors (Lipinski definition) is 7. The fourth-order valence-electron chi connectivity index (χ4n) is 1.67. The number of nitro groups is 1. The number of thiophene rings is 2. The molecule has 0 saturated carbocycles. The summed E-state index contributed by atoms with van der Waals surface area (Å²) >= 11 is 2.47. The minimum Gasteiger partial charge on any atom is -0.356 e. The summed E-state index contributed by atoms with van der Waals surface area (Å²) in [6.45, 7) is 0.494. The zero-order chi connectivity index (χ0) is 14.9. The molecule has 0 amide bonds. The van der Waals surface area contributed by atoms with Gasteiger partial charge in [-0.2, -0.15) is 11.3 Å². The SMILES string of the molecule is CN(Cc1ccsc1)c1sc(S(C)(=O)=O)cc1[N+](=O)[O-]. The average molecular weight is 332 g/mol. The first-order valence-corrected chi connectivity index (χ1v) is 9.14. The Morgan fingerprint density at radius 3 is 2.65 bits per heavy atom. The highest BCUT2D eigenvalue weighted by atomic mass is 32.2. The molecule has 2 aromatic heterocycles.